The number of rotatable bonds is 5. The minimum absolute atomic E-state index is 0.00201. The molecule has 0 unspecified atom stereocenters. The van der Waals surface area contributed by atoms with E-state index >= 15 is 0 Å². The minimum atomic E-state index is -0.481. The average molecular weight is 234 g/mol. The highest BCUT2D eigenvalue weighted by Gasteiger charge is 2.18. The van der Waals surface area contributed by atoms with Gasteiger partial charge in [-0.2, -0.15) is 0 Å². The normalized spacial score (nSPS) is 10.8. The van der Waals surface area contributed by atoms with Crippen LogP contribution in [0.1, 0.15) is 31.1 Å². The molecule has 0 aliphatic heterocycles. The summed E-state index contributed by atoms with van der Waals surface area (Å²) in [6.45, 7) is 9.03. The van der Waals surface area contributed by atoms with Gasteiger partial charge in [-0.25, -0.2) is 0 Å². The SMILES string of the molecule is C=CC(C)(C)Oc1ccc(C(C)=O)cc1OC. The molecule has 0 aliphatic rings. The van der Waals surface area contributed by atoms with Crippen LogP contribution < -0.4 is 9.47 Å². The van der Waals surface area contributed by atoms with Crippen LogP contribution >= 0.6 is 0 Å². The Labute approximate surface area is 102 Å². The predicted octanol–water partition coefficient (Wildman–Crippen LogP) is 3.24. The van der Waals surface area contributed by atoms with Gasteiger partial charge in [0.1, 0.15) is 5.60 Å². The van der Waals surface area contributed by atoms with E-state index < -0.39 is 5.60 Å². The van der Waals surface area contributed by atoms with Crippen LogP contribution in [0.2, 0.25) is 0 Å². The van der Waals surface area contributed by atoms with Gasteiger partial charge in [-0.1, -0.05) is 6.58 Å². The standard InChI is InChI=1S/C14H18O3/c1-6-14(3,4)17-12-8-7-11(10(2)15)9-13(12)16-5/h6-9H,1H2,2-5H3. The summed E-state index contributed by atoms with van der Waals surface area (Å²) in [4.78, 5) is 11.3. The van der Waals surface area contributed by atoms with Gasteiger partial charge in [0.15, 0.2) is 17.3 Å². The lowest BCUT2D eigenvalue weighted by Crippen LogP contribution is -2.24. The van der Waals surface area contributed by atoms with E-state index in [2.05, 4.69) is 6.58 Å². The largest absolute Gasteiger partial charge is 0.493 e. The third-order valence-corrected chi connectivity index (χ3v) is 2.43. The van der Waals surface area contributed by atoms with E-state index in [4.69, 9.17) is 9.47 Å². The van der Waals surface area contributed by atoms with Crippen molar-refractivity contribution in [3.05, 3.63) is 36.4 Å². The van der Waals surface area contributed by atoms with E-state index in [1.54, 1.807) is 31.4 Å². The quantitative estimate of drug-likeness (QED) is 0.579. The molecular weight excluding hydrogens is 216 g/mol. The Hall–Kier alpha value is -1.77. The lowest BCUT2D eigenvalue weighted by Gasteiger charge is -2.23. The molecule has 0 spiro atoms. The second kappa shape index (κ2) is 5.04. The minimum Gasteiger partial charge on any atom is -0.493 e. The van der Waals surface area contributed by atoms with Crippen molar-refractivity contribution < 1.29 is 14.3 Å². The van der Waals surface area contributed by atoms with Crippen LogP contribution in [0, 0.1) is 0 Å². The number of carbonyl (C=O) groups is 1. The second-order valence-electron chi connectivity index (χ2n) is 4.33. The molecule has 0 atom stereocenters. The van der Waals surface area contributed by atoms with Gasteiger partial charge in [0.05, 0.1) is 7.11 Å². The molecule has 0 aliphatic carbocycles. The number of benzene rings is 1. The summed E-state index contributed by atoms with van der Waals surface area (Å²) in [6, 6.07) is 5.14. The molecule has 3 nitrogen and oxygen atoms in total. The molecule has 0 saturated carbocycles. The van der Waals surface area contributed by atoms with Gasteiger partial charge in [0.2, 0.25) is 0 Å². The fourth-order valence-electron chi connectivity index (χ4n) is 1.30. The van der Waals surface area contributed by atoms with Crippen LogP contribution in [-0.2, 0) is 0 Å². The number of Topliss-reactive ketones (excluding diaryl/α,β-unsaturated/α-hetero) is 1. The Morgan fingerprint density at radius 2 is 2.00 bits per heavy atom. The van der Waals surface area contributed by atoms with Gasteiger partial charge >= 0.3 is 0 Å². The van der Waals surface area contributed by atoms with Crippen molar-refractivity contribution in [2.24, 2.45) is 0 Å². The van der Waals surface area contributed by atoms with E-state index in [0.717, 1.165) is 0 Å². The fourth-order valence-corrected chi connectivity index (χ4v) is 1.30. The average Bonchev–Trinajstić information content (AvgIpc) is 2.29. The first kappa shape index (κ1) is 13.3. The summed E-state index contributed by atoms with van der Waals surface area (Å²) in [6.07, 6.45) is 1.71. The van der Waals surface area contributed by atoms with E-state index in [1.807, 2.05) is 13.8 Å². The van der Waals surface area contributed by atoms with Gasteiger partial charge in [-0.15, -0.1) is 0 Å². The van der Waals surface area contributed by atoms with Crippen LogP contribution in [0.15, 0.2) is 30.9 Å². The van der Waals surface area contributed by atoms with E-state index in [1.165, 1.54) is 6.92 Å². The number of hydrogen-bond acceptors (Lipinski definition) is 3. The van der Waals surface area contributed by atoms with E-state index in [9.17, 15) is 4.79 Å². The maximum absolute atomic E-state index is 11.3. The molecule has 0 bridgehead atoms. The number of ketones is 1. The molecule has 0 saturated heterocycles. The number of carbonyl (C=O) groups excluding carboxylic acids is 1. The van der Waals surface area contributed by atoms with Crippen molar-refractivity contribution in [3.63, 3.8) is 0 Å². The zero-order valence-electron chi connectivity index (χ0n) is 10.7. The monoisotopic (exact) mass is 234 g/mol. The maximum Gasteiger partial charge on any atom is 0.162 e. The Morgan fingerprint density at radius 1 is 1.35 bits per heavy atom. The van der Waals surface area contributed by atoms with Gasteiger partial charge < -0.3 is 9.47 Å². The highest BCUT2D eigenvalue weighted by molar-refractivity contribution is 5.94. The molecule has 1 aromatic carbocycles. The Bertz CT molecular complexity index is 433. The molecule has 0 radical (unpaired) electrons. The summed E-state index contributed by atoms with van der Waals surface area (Å²) < 4.78 is 11.0. The molecule has 3 heteroatoms. The van der Waals surface area contributed by atoms with Crippen LogP contribution in [0.4, 0.5) is 0 Å². The molecule has 1 rings (SSSR count). The Kier molecular flexibility index (Phi) is 3.94. The molecular formula is C14H18O3. The molecule has 1 aromatic rings. The summed E-state index contributed by atoms with van der Waals surface area (Å²) in [7, 11) is 1.55. The smallest absolute Gasteiger partial charge is 0.162 e. The number of ether oxygens (including phenoxy) is 2. The molecule has 0 N–H and O–H groups in total. The van der Waals surface area contributed by atoms with E-state index in [-0.39, 0.29) is 5.78 Å². The zero-order chi connectivity index (χ0) is 13.1. The Morgan fingerprint density at radius 3 is 2.47 bits per heavy atom. The number of hydrogen-bond donors (Lipinski definition) is 0. The second-order valence-corrected chi connectivity index (χ2v) is 4.33. The van der Waals surface area contributed by atoms with Crippen LogP contribution in [0.25, 0.3) is 0 Å². The lowest BCUT2D eigenvalue weighted by atomic mass is 10.1. The highest BCUT2D eigenvalue weighted by Crippen LogP contribution is 2.31. The summed E-state index contributed by atoms with van der Waals surface area (Å²) >= 11 is 0. The van der Waals surface area contributed by atoms with Gasteiger partial charge in [0.25, 0.3) is 0 Å². The first-order valence-electron chi connectivity index (χ1n) is 5.41. The fraction of sp³-hybridized carbons (Fsp3) is 0.357. The van der Waals surface area contributed by atoms with Crippen molar-refractivity contribution in [1.29, 1.82) is 0 Å². The first-order chi connectivity index (χ1) is 7.89. The van der Waals surface area contributed by atoms with Crippen LogP contribution in [-0.4, -0.2) is 18.5 Å². The molecule has 0 heterocycles. The molecule has 0 fully saturated rings. The zero-order valence-corrected chi connectivity index (χ0v) is 10.7. The maximum atomic E-state index is 11.3. The van der Waals surface area contributed by atoms with Crippen LogP contribution in [0.3, 0.4) is 0 Å². The third-order valence-electron chi connectivity index (χ3n) is 2.43. The van der Waals surface area contributed by atoms with Crippen molar-refractivity contribution in [2.45, 2.75) is 26.4 Å². The molecule has 0 amide bonds. The topological polar surface area (TPSA) is 35.5 Å². The van der Waals surface area contributed by atoms with Gasteiger partial charge in [-0.3, -0.25) is 4.79 Å². The third kappa shape index (κ3) is 3.34. The van der Waals surface area contributed by atoms with Gasteiger partial charge in [0, 0.05) is 5.56 Å². The van der Waals surface area contributed by atoms with Crippen molar-refractivity contribution in [1.82, 2.24) is 0 Å². The Balaban J connectivity index is 3.09. The highest BCUT2D eigenvalue weighted by atomic mass is 16.5. The summed E-state index contributed by atoms with van der Waals surface area (Å²) in [5.74, 6) is 1.15. The summed E-state index contributed by atoms with van der Waals surface area (Å²) in [5, 5.41) is 0. The predicted molar refractivity (Wildman–Crippen MR) is 67.9 cm³/mol. The van der Waals surface area contributed by atoms with Crippen molar-refractivity contribution in [3.8, 4) is 11.5 Å². The molecule has 92 valence electrons. The van der Waals surface area contributed by atoms with Crippen molar-refractivity contribution >= 4 is 5.78 Å². The first-order valence-corrected chi connectivity index (χ1v) is 5.41. The van der Waals surface area contributed by atoms with Crippen molar-refractivity contribution in [2.75, 3.05) is 7.11 Å². The van der Waals surface area contributed by atoms with Crippen LogP contribution in [0.5, 0.6) is 11.5 Å². The lowest BCUT2D eigenvalue weighted by molar-refractivity contribution is 0.101. The van der Waals surface area contributed by atoms with E-state index in [0.29, 0.717) is 17.1 Å². The summed E-state index contributed by atoms with van der Waals surface area (Å²) in [5.41, 5.74) is 0.121. The molecule has 0 aromatic heterocycles. The number of methoxy groups -OCH3 is 1. The molecule has 17 heavy (non-hydrogen) atoms. The van der Waals surface area contributed by atoms with Gasteiger partial charge in [-0.05, 0) is 45.0 Å².